The average Bonchev–Trinajstić information content (AvgIpc) is 2.18. The largest absolute Gasteiger partial charge is 0.301 e. The van der Waals surface area contributed by atoms with Gasteiger partial charge in [-0.05, 0) is 38.0 Å². The first kappa shape index (κ1) is 11.3. The predicted molar refractivity (Wildman–Crippen MR) is 50.6 cm³/mol. The van der Waals surface area contributed by atoms with E-state index in [1.165, 1.54) is 0 Å². The lowest BCUT2D eigenvalue weighted by molar-refractivity contribution is 0.252. The van der Waals surface area contributed by atoms with Gasteiger partial charge in [0.05, 0.1) is 0 Å². The summed E-state index contributed by atoms with van der Waals surface area (Å²) in [5.41, 5.74) is 0. The molecule has 0 unspecified atom stereocenters. The first-order chi connectivity index (χ1) is 6.65. The fourth-order valence-electron chi connectivity index (χ4n) is 2.04. The molecule has 0 aliphatic heterocycles. The van der Waals surface area contributed by atoms with Gasteiger partial charge in [-0.1, -0.05) is 6.08 Å². The molecule has 0 saturated heterocycles. The maximum absolute atomic E-state index is 12.8. The number of halogens is 3. The van der Waals surface area contributed by atoms with Crippen molar-refractivity contribution in [2.75, 3.05) is 0 Å². The van der Waals surface area contributed by atoms with Crippen molar-refractivity contribution in [3.8, 4) is 0 Å². The summed E-state index contributed by atoms with van der Waals surface area (Å²) in [7, 11) is 0. The molecule has 1 aliphatic carbocycles. The van der Waals surface area contributed by atoms with E-state index in [1.807, 2.05) is 6.08 Å². The van der Waals surface area contributed by atoms with Crippen molar-refractivity contribution in [1.82, 2.24) is 0 Å². The average molecular weight is 204 g/mol. The SMILES string of the molecule is C=CCC1CCC(C(F)=C(F)F)CC1. The summed E-state index contributed by atoms with van der Waals surface area (Å²) in [5.74, 6) is -1.22. The summed E-state index contributed by atoms with van der Waals surface area (Å²) in [6.45, 7) is 3.63. The molecule has 0 bridgehead atoms. The quantitative estimate of drug-likeness (QED) is 0.596. The van der Waals surface area contributed by atoms with E-state index in [1.54, 1.807) is 0 Å². The van der Waals surface area contributed by atoms with Crippen molar-refractivity contribution in [2.45, 2.75) is 32.1 Å². The molecule has 0 aromatic heterocycles. The lowest BCUT2D eigenvalue weighted by atomic mass is 9.80. The van der Waals surface area contributed by atoms with Crippen LogP contribution in [0.4, 0.5) is 13.2 Å². The summed E-state index contributed by atoms with van der Waals surface area (Å²) in [6.07, 6.45) is 3.36. The third kappa shape index (κ3) is 2.89. The molecule has 1 aliphatic rings. The van der Waals surface area contributed by atoms with Crippen LogP contribution >= 0.6 is 0 Å². The molecule has 1 fully saturated rings. The zero-order valence-corrected chi connectivity index (χ0v) is 8.11. The van der Waals surface area contributed by atoms with E-state index >= 15 is 0 Å². The molecule has 0 aromatic rings. The molecule has 0 nitrogen and oxygen atoms in total. The third-order valence-corrected chi connectivity index (χ3v) is 2.89. The van der Waals surface area contributed by atoms with Crippen LogP contribution < -0.4 is 0 Å². The second-order valence-corrected chi connectivity index (χ2v) is 3.85. The fraction of sp³-hybridized carbons (Fsp3) is 0.636. The van der Waals surface area contributed by atoms with E-state index in [9.17, 15) is 13.2 Å². The minimum atomic E-state index is -2.14. The van der Waals surface area contributed by atoms with E-state index < -0.39 is 17.8 Å². The molecule has 0 N–H and O–H groups in total. The normalized spacial score (nSPS) is 27.1. The Morgan fingerprint density at radius 3 is 2.14 bits per heavy atom. The van der Waals surface area contributed by atoms with Crippen molar-refractivity contribution in [1.29, 1.82) is 0 Å². The molecule has 0 aromatic carbocycles. The Morgan fingerprint density at radius 1 is 1.14 bits per heavy atom. The van der Waals surface area contributed by atoms with Crippen LogP contribution in [0.3, 0.4) is 0 Å². The van der Waals surface area contributed by atoms with Gasteiger partial charge in [-0.15, -0.1) is 6.58 Å². The fourth-order valence-corrected chi connectivity index (χ4v) is 2.04. The molecule has 0 atom stereocenters. The molecular formula is C11H15F3. The second-order valence-electron chi connectivity index (χ2n) is 3.85. The minimum absolute atomic E-state index is 0.513. The Balaban J connectivity index is 2.43. The van der Waals surface area contributed by atoms with Crippen molar-refractivity contribution < 1.29 is 13.2 Å². The zero-order chi connectivity index (χ0) is 10.6. The Labute approximate surface area is 82.5 Å². The highest BCUT2D eigenvalue weighted by molar-refractivity contribution is 4.99. The molecular weight excluding hydrogens is 189 g/mol. The van der Waals surface area contributed by atoms with Crippen LogP contribution in [0.1, 0.15) is 32.1 Å². The van der Waals surface area contributed by atoms with Gasteiger partial charge in [0.2, 0.25) is 0 Å². The van der Waals surface area contributed by atoms with Crippen LogP contribution in [0, 0.1) is 11.8 Å². The monoisotopic (exact) mass is 204 g/mol. The Kier molecular flexibility index (Phi) is 4.23. The molecule has 80 valence electrons. The van der Waals surface area contributed by atoms with Gasteiger partial charge in [0.25, 0.3) is 0 Å². The van der Waals surface area contributed by atoms with Gasteiger partial charge >= 0.3 is 6.08 Å². The molecule has 0 spiro atoms. The van der Waals surface area contributed by atoms with E-state index in [4.69, 9.17) is 0 Å². The molecule has 3 heteroatoms. The van der Waals surface area contributed by atoms with Gasteiger partial charge in [0.15, 0.2) is 5.83 Å². The van der Waals surface area contributed by atoms with Crippen molar-refractivity contribution in [2.24, 2.45) is 11.8 Å². The Hall–Kier alpha value is -0.730. The molecule has 1 saturated carbocycles. The lowest BCUT2D eigenvalue weighted by Gasteiger charge is -2.26. The highest BCUT2D eigenvalue weighted by Gasteiger charge is 2.25. The molecule has 0 radical (unpaired) electrons. The Morgan fingerprint density at radius 2 is 1.71 bits per heavy atom. The van der Waals surface area contributed by atoms with E-state index in [-0.39, 0.29) is 0 Å². The summed E-state index contributed by atoms with van der Waals surface area (Å²) in [6, 6.07) is 0. The van der Waals surface area contributed by atoms with Crippen molar-refractivity contribution in [3.05, 3.63) is 24.6 Å². The van der Waals surface area contributed by atoms with E-state index in [0.29, 0.717) is 18.8 Å². The Bertz CT molecular complexity index is 221. The molecule has 1 rings (SSSR count). The highest BCUT2D eigenvalue weighted by atomic mass is 19.3. The number of allylic oxidation sites excluding steroid dienone is 2. The van der Waals surface area contributed by atoms with Crippen LogP contribution in [-0.2, 0) is 0 Å². The smallest absolute Gasteiger partial charge is 0.206 e. The van der Waals surface area contributed by atoms with Crippen LogP contribution in [-0.4, -0.2) is 0 Å². The number of hydrogen-bond donors (Lipinski definition) is 0. The van der Waals surface area contributed by atoms with Gasteiger partial charge in [0.1, 0.15) is 0 Å². The van der Waals surface area contributed by atoms with Gasteiger partial charge in [0, 0.05) is 5.92 Å². The van der Waals surface area contributed by atoms with Crippen LogP contribution in [0.15, 0.2) is 24.6 Å². The molecule has 0 heterocycles. The first-order valence-electron chi connectivity index (χ1n) is 4.96. The zero-order valence-electron chi connectivity index (χ0n) is 8.11. The maximum atomic E-state index is 12.8. The standard InChI is InChI=1S/C11H15F3/c1-2-3-8-4-6-9(7-5-8)10(12)11(13)14/h2,8-9H,1,3-7H2. The van der Waals surface area contributed by atoms with Gasteiger partial charge in [-0.2, -0.15) is 8.78 Å². The number of rotatable bonds is 3. The van der Waals surface area contributed by atoms with E-state index in [0.717, 1.165) is 19.3 Å². The predicted octanol–water partition coefficient (Wildman–Crippen LogP) is 4.45. The summed E-state index contributed by atoms with van der Waals surface area (Å²) in [4.78, 5) is 0. The maximum Gasteiger partial charge on any atom is 0.301 e. The first-order valence-corrected chi connectivity index (χ1v) is 4.96. The highest BCUT2D eigenvalue weighted by Crippen LogP contribution is 2.36. The molecule has 14 heavy (non-hydrogen) atoms. The van der Waals surface area contributed by atoms with Gasteiger partial charge in [-0.25, -0.2) is 4.39 Å². The van der Waals surface area contributed by atoms with Crippen LogP contribution in [0.5, 0.6) is 0 Å². The minimum Gasteiger partial charge on any atom is -0.206 e. The summed E-state index contributed by atoms with van der Waals surface area (Å²) >= 11 is 0. The molecule has 0 amide bonds. The van der Waals surface area contributed by atoms with E-state index in [2.05, 4.69) is 6.58 Å². The summed E-state index contributed by atoms with van der Waals surface area (Å²) < 4.78 is 36.7. The van der Waals surface area contributed by atoms with Gasteiger partial charge < -0.3 is 0 Å². The second kappa shape index (κ2) is 5.23. The summed E-state index contributed by atoms with van der Waals surface area (Å²) in [5, 5.41) is 0. The lowest BCUT2D eigenvalue weighted by Crippen LogP contribution is -2.14. The van der Waals surface area contributed by atoms with Crippen molar-refractivity contribution >= 4 is 0 Å². The topological polar surface area (TPSA) is 0 Å². The van der Waals surface area contributed by atoms with Crippen LogP contribution in [0.25, 0.3) is 0 Å². The van der Waals surface area contributed by atoms with Crippen molar-refractivity contribution in [3.63, 3.8) is 0 Å². The van der Waals surface area contributed by atoms with Crippen LogP contribution in [0.2, 0.25) is 0 Å². The van der Waals surface area contributed by atoms with Gasteiger partial charge in [-0.3, -0.25) is 0 Å². The number of hydrogen-bond acceptors (Lipinski definition) is 0. The third-order valence-electron chi connectivity index (χ3n) is 2.89.